The second kappa shape index (κ2) is 5.48. The second-order valence-electron chi connectivity index (χ2n) is 5.72. The highest BCUT2D eigenvalue weighted by molar-refractivity contribution is 8.76. The number of hydroxylamine groups is 2. The first-order chi connectivity index (χ1) is 8.84. The Morgan fingerprint density at radius 3 is 2.37 bits per heavy atom. The largest absolute Gasteiger partial charge is 0.312 e. The molecule has 0 saturated heterocycles. The lowest BCUT2D eigenvalue weighted by Gasteiger charge is -2.36. The van der Waals surface area contributed by atoms with Crippen LogP contribution in [0.4, 0.5) is 0 Å². The van der Waals surface area contributed by atoms with Gasteiger partial charge in [0.15, 0.2) is 0 Å². The molecule has 0 unspecified atom stereocenters. The van der Waals surface area contributed by atoms with Crippen molar-refractivity contribution in [3.63, 3.8) is 0 Å². The van der Waals surface area contributed by atoms with Gasteiger partial charge in [0.25, 0.3) is 0 Å². The van der Waals surface area contributed by atoms with Crippen molar-refractivity contribution in [3.8, 4) is 0 Å². The predicted octanol–water partition coefficient (Wildman–Crippen LogP) is 4.01. The summed E-state index contributed by atoms with van der Waals surface area (Å²) in [6, 6.07) is 4.02. The Kier molecular flexibility index (Phi) is 4.30. The van der Waals surface area contributed by atoms with E-state index in [1.54, 1.807) is 34.0 Å². The van der Waals surface area contributed by atoms with Gasteiger partial charge in [-0.15, -0.1) is 0 Å². The highest BCUT2D eigenvalue weighted by Crippen LogP contribution is 2.42. The second-order valence-corrected chi connectivity index (χ2v) is 8.09. The highest BCUT2D eigenvalue weighted by Gasteiger charge is 2.44. The molecule has 0 aromatic carbocycles. The van der Waals surface area contributed by atoms with Crippen LogP contribution in [0.1, 0.15) is 27.7 Å². The van der Waals surface area contributed by atoms with Gasteiger partial charge in [0.1, 0.15) is 0 Å². The molecule has 5 heteroatoms. The summed E-state index contributed by atoms with van der Waals surface area (Å²) >= 11 is 0. The summed E-state index contributed by atoms with van der Waals surface area (Å²) in [5.41, 5.74) is 0.683. The van der Waals surface area contributed by atoms with E-state index >= 15 is 0 Å². The number of nitrogens with zero attached hydrogens (tertiary/aromatic N) is 2. The van der Waals surface area contributed by atoms with E-state index in [1.165, 1.54) is 15.5 Å². The van der Waals surface area contributed by atoms with Gasteiger partial charge in [0.05, 0.1) is 11.1 Å². The third-order valence-electron chi connectivity index (χ3n) is 3.41. The molecule has 1 N–H and O–H groups in total. The monoisotopic (exact) mass is 296 g/mol. The molecule has 104 valence electrons. The van der Waals surface area contributed by atoms with E-state index in [-0.39, 0.29) is 11.1 Å². The number of hydrogen-bond acceptors (Lipinski definition) is 5. The number of rotatable bonds is 4. The van der Waals surface area contributed by atoms with Crippen molar-refractivity contribution in [2.24, 2.45) is 0 Å². The molecule has 0 fully saturated rings. The summed E-state index contributed by atoms with van der Waals surface area (Å²) in [4.78, 5) is 5.21. The summed E-state index contributed by atoms with van der Waals surface area (Å²) in [5.74, 6) is 0.903. The summed E-state index contributed by atoms with van der Waals surface area (Å²) in [5, 5.41) is 11.7. The van der Waals surface area contributed by atoms with Gasteiger partial charge < -0.3 is 5.21 Å². The molecule has 1 aliphatic heterocycles. The molecular formula is C14H20N2OS2. The van der Waals surface area contributed by atoms with E-state index < -0.39 is 0 Å². The first kappa shape index (κ1) is 14.9. The van der Waals surface area contributed by atoms with Gasteiger partial charge in [0, 0.05) is 23.0 Å². The third kappa shape index (κ3) is 3.16. The van der Waals surface area contributed by atoms with Crippen molar-refractivity contribution in [2.45, 2.75) is 43.7 Å². The molecule has 1 aliphatic rings. The quantitative estimate of drug-likeness (QED) is 0.671. The molecule has 0 aliphatic carbocycles. The lowest BCUT2D eigenvalue weighted by atomic mass is 9.98. The van der Waals surface area contributed by atoms with E-state index in [0.717, 1.165) is 5.75 Å². The number of aromatic nitrogens is 1. The Balaban J connectivity index is 1.97. The van der Waals surface area contributed by atoms with Crippen molar-refractivity contribution in [2.75, 3.05) is 5.75 Å². The van der Waals surface area contributed by atoms with Crippen LogP contribution in [0.2, 0.25) is 0 Å². The predicted molar refractivity (Wildman–Crippen MR) is 82.4 cm³/mol. The van der Waals surface area contributed by atoms with Crippen LogP contribution >= 0.6 is 21.6 Å². The fraction of sp³-hybridized carbons (Fsp3) is 0.500. The molecule has 19 heavy (non-hydrogen) atoms. The van der Waals surface area contributed by atoms with Crippen molar-refractivity contribution < 1.29 is 5.21 Å². The fourth-order valence-electron chi connectivity index (χ4n) is 2.29. The Hall–Kier alpha value is -0.490. The first-order valence-electron chi connectivity index (χ1n) is 6.25. The molecule has 1 aromatic heterocycles. The normalized spacial score (nSPS) is 21.4. The van der Waals surface area contributed by atoms with Crippen molar-refractivity contribution in [1.29, 1.82) is 0 Å². The fourth-order valence-corrected chi connectivity index (χ4v) is 4.58. The third-order valence-corrected chi connectivity index (χ3v) is 5.70. The maximum absolute atomic E-state index is 10.2. The van der Waals surface area contributed by atoms with Crippen LogP contribution in [-0.2, 0) is 0 Å². The molecule has 0 amide bonds. The van der Waals surface area contributed by atoms with Gasteiger partial charge in [-0.1, -0.05) is 27.7 Å². The average molecular weight is 296 g/mol. The molecular weight excluding hydrogens is 276 g/mol. The van der Waals surface area contributed by atoms with E-state index in [1.807, 2.05) is 26.0 Å². The molecule has 1 aromatic rings. The minimum absolute atomic E-state index is 0.291. The number of hydrogen-bond donors (Lipinski definition) is 1. The Morgan fingerprint density at radius 2 is 1.84 bits per heavy atom. The van der Waals surface area contributed by atoms with Gasteiger partial charge in [-0.25, -0.2) is 0 Å². The SMILES string of the molecule is CC1(C)C=C(CSSc2ccncc2)C(C)(C)N1O. The van der Waals surface area contributed by atoms with Crippen molar-refractivity contribution in [1.82, 2.24) is 10.0 Å². The van der Waals surface area contributed by atoms with Crippen molar-refractivity contribution >= 4 is 21.6 Å². The zero-order valence-corrected chi connectivity index (χ0v) is 13.4. The minimum Gasteiger partial charge on any atom is -0.312 e. The zero-order chi connectivity index (χ0) is 14.1. The highest BCUT2D eigenvalue weighted by atomic mass is 33.1. The summed E-state index contributed by atoms with van der Waals surface area (Å²) in [7, 11) is 3.54. The topological polar surface area (TPSA) is 36.4 Å². The molecule has 2 heterocycles. The van der Waals surface area contributed by atoms with Gasteiger partial charge >= 0.3 is 0 Å². The van der Waals surface area contributed by atoms with Gasteiger partial charge in [-0.2, -0.15) is 5.06 Å². The first-order valence-corrected chi connectivity index (χ1v) is 8.57. The lowest BCUT2D eigenvalue weighted by molar-refractivity contribution is -0.185. The Bertz CT molecular complexity index is 472. The maximum atomic E-state index is 10.2. The summed E-state index contributed by atoms with van der Waals surface area (Å²) in [6.07, 6.45) is 5.79. The molecule has 0 spiro atoms. The zero-order valence-electron chi connectivity index (χ0n) is 11.8. The standard InChI is InChI=1S/C14H20N2OS2/c1-13(2)9-11(14(3,4)16(13)17)10-18-19-12-5-7-15-8-6-12/h5-9,17H,10H2,1-4H3. The maximum Gasteiger partial charge on any atom is 0.0631 e. The lowest BCUT2D eigenvalue weighted by Crippen LogP contribution is -2.48. The van der Waals surface area contributed by atoms with E-state index in [4.69, 9.17) is 0 Å². The van der Waals surface area contributed by atoms with E-state index in [9.17, 15) is 5.21 Å². The van der Waals surface area contributed by atoms with Gasteiger partial charge in [-0.05, 0) is 45.4 Å². The summed E-state index contributed by atoms with van der Waals surface area (Å²) < 4.78 is 0. The minimum atomic E-state index is -0.296. The van der Waals surface area contributed by atoms with Crippen molar-refractivity contribution in [3.05, 3.63) is 36.2 Å². The van der Waals surface area contributed by atoms with Gasteiger partial charge in [0.2, 0.25) is 0 Å². The van der Waals surface area contributed by atoms with Gasteiger partial charge in [-0.3, -0.25) is 4.98 Å². The van der Waals surface area contributed by atoms with Crippen LogP contribution in [-0.4, -0.2) is 32.1 Å². The molecule has 0 bridgehead atoms. The van der Waals surface area contributed by atoms with Crippen LogP contribution in [0, 0.1) is 0 Å². The summed E-state index contributed by atoms with van der Waals surface area (Å²) in [6.45, 7) is 8.18. The Morgan fingerprint density at radius 1 is 1.21 bits per heavy atom. The van der Waals surface area contributed by atoms with Crippen LogP contribution in [0.25, 0.3) is 0 Å². The van der Waals surface area contributed by atoms with E-state index in [2.05, 4.69) is 24.9 Å². The molecule has 0 radical (unpaired) electrons. The van der Waals surface area contributed by atoms with Crippen LogP contribution in [0.15, 0.2) is 41.1 Å². The molecule has 0 saturated carbocycles. The van der Waals surface area contributed by atoms with Crippen LogP contribution in [0.3, 0.4) is 0 Å². The smallest absolute Gasteiger partial charge is 0.0631 e. The average Bonchev–Trinajstić information content (AvgIpc) is 2.51. The molecule has 2 rings (SSSR count). The van der Waals surface area contributed by atoms with E-state index in [0.29, 0.717) is 0 Å². The number of pyridine rings is 1. The molecule has 0 atom stereocenters. The van der Waals surface area contributed by atoms with Crippen LogP contribution in [0.5, 0.6) is 0 Å². The Labute approximate surface area is 122 Å². The molecule has 3 nitrogen and oxygen atoms in total. The van der Waals surface area contributed by atoms with Crippen LogP contribution < -0.4 is 0 Å².